The second kappa shape index (κ2) is 5.31. The van der Waals surface area contributed by atoms with Crippen molar-refractivity contribution < 1.29 is 0 Å². The highest BCUT2D eigenvalue weighted by Crippen LogP contribution is 2.26. The molecule has 0 bridgehead atoms. The zero-order valence-electron chi connectivity index (χ0n) is 10.6. The van der Waals surface area contributed by atoms with Crippen LogP contribution in [-0.2, 0) is 0 Å². The van der Waals surface area contributed by atoms with Crippen LogP contribution in [0.15, 0.2) is 12.4 Å². The van der Waals surface area contributed by atoms with E-state index in [0.717, 1.165) is 30.7 Å². The van der Waals surface area contributed by atoms with Crippen LogP contribution in [0.1, 0.15) is 26.7 Å². The smallest absolute Gasteiger partial charge is 0.160 e. The van der Waals surface area contributed by atoms with Crippen LogP contribution in [0.2, 0.25) is 0 Å². The number of piperidine rings is 1. The van der Waals surface area contributed by atoms with Gasteiger partial charge in [0.2, 0.25) is 0 Å². The van der Waals surface area contributed by atoms with E-state index in [9.17, 15) is 0 Å². The molecule has 0 radical (unpaired) electrons. The van der Waals surface area contributed by atoms with E-state index in [1.54, 1.807) is 12.4 Å². The highest BCUT2D eigenvalue weighted by atomic mass is 15.3. The van der Waals surface area contributed by atoms with Gasteiger partial charge in [0.25, 0.3) is 0 Å². The highest BCUT2D eigenvalue weighted by Gasteiger charge is 2.22. The molecule has 2 rings (SSSR count). The molecule has 3 N–H and O–H groups in total. The van der Waals surface area contributed by atoms with Crippen LogP contribution in [0.4, 0.5) is 11.6 Å². The number of nitrogens with two attached hydrogens (primary N) is 1. The zero-order chi connectivity index (χ0) is 12.3. The molecule has 1 aliphatic rings. The lowest BCUT2D eigenvalue weighted by Crippen LogP contribution is -2.35. The summed E-state index contributed by atoms with van der Waals surface area (Å²) in [5.74, 6) is 8.50. The van der Waals surface area contributed by atoms with Gasteiger partial charge in [-0.2, -0.15) is 0 Å². The molecule has 2 heterocycles. The van der Waals surface area contributed by atoms with Gasteiger partial charge < -0.3 is 10.3 Å². The van der Waals surface area contributed by atoms with Crippen molar-refractivity contribution in [1.82, 2.24) is 9.97 Å². The molecule has 1 fully saturated rings. The van der Waals surface area contributed by atoms with Gasteiger partial charge in [0.15, 0.2) is 5.82 Å². The Labute approximate surface area is 102 Å². The molecule has 94 valence electrons. The van der Waals surface area contributed by atoms with Crippen molar-refractivity contribution in [2.24, 2.45) is 17.7 Å². The largest absolute Gasteiger partial charge is 0.355 e. The van der Waals surface area contributed by atoms with E-state index in [4.69, 9.17) is 5.84 Å². The van der Waals surface area contributed by atoms with Gasteiger partial charge in [-0.15, -0.1) is 0 Å². The van der Waals surface area contributed by atoms with Gasteiger partial charge in [-0.25, -0.2) is 10.8 Å². The maximum Gasteiger partial charge on any atom is 0.160 e. The quantitative estimate of drug-likeness (QED) is 0.616. The van der Waals surface area contributed by atoms with Crippen molar-refractivity contribution in [2.45, 2.75) is 26.7 Å². The summed E-state index contributed by atoms with van der Waals surface area (Å²) in [6, 6.07) is 0. The second-order valence-electron chi connectivity index (χ2n) is 4.98. The average Bonchev–Trinajstić information content (AvgIpc) is 2.39. The third kappa shape index (κ3) is 2.85. The van der Waals surface area contributed by atoms with E-state index in [1.165, 1.54) is 12.8 Å². The molecule has 1 saturated heterocycles. The molecular weight excluding hydrogens is 214 g/mol. The molecule has 0 saturated carbocycles. The normalized spacial score (nSPS) is 17.5. The molecule has 5 nitrogen and oxygen atoms in total. The van der Waals surface area contributed by atoms with Gasteiger partial charge in [-0.3, -0.25) is 4.98 Å². The number of anilines is 2. The third-order valence-electron chi connectivity index (χ3n) is 3.58. The fourth-order valence-corrected chi connectivity index (χ4v) is 2.37. The summed E-state index contributed by atoms with van der Waals surface area (Å²) in [5.41, 5.74) is 2.53. The molecule has 0 atom stereocenters. The molecule has 17 heavy (non-hydrogen) atoms. The predicted molar refractivity (Wildman–Crippen MR) is 69.6 cm³/mol. The summed E-state index contributed by atoms with van der Waals surface area (Å²) in [7, 11) is 0. The first-order valence-electron chi connectivity index (χ1n) is 6.24. The SMILES string of the molecule is CC(C)C1CCN(c2cncc(NN)n2)CC1. The van der Waals surface area contributed by atoms with Gasteiger partial charge in [-0.1, -0.05) is 13.8 Å². The van der Waals surface area contributed by atoms with Gasteiger partial charge in [0.05, 0.1) is 12.4 Å². The number of hydrazine groups is 1. The summed E-state index contributed by atoms with van der Waals surface area (Å²) >= 11 is 0. The van der Waals surface area contributed by atoms with Crippen LogP contribution in [0.3, 0.4) is 0 Å². The van der Waals surface area contributed by atoms with Crippen LogP contribution in [0, 0.1) is 11.8 Å². The highest BCUT2D eigenvalue weighted by molar-refractivity contribution is 5.43. The lowest BCUT2D eigenvalue weighted by atomic mass is 9.87. The maximum atomic E-state index is 5.34. The van der Waals surface area contributed by atoms with Crippen molar-refractivity contribution in [3.8, 4) is 0 Å². The Bertz CT molecular complexity index is 358. The van der Waals surface area contributed by atoms with E-state index in [-0.39, 0.29) is 0 Å². The molecule has 0 unspecified atom stereocenters. The van der Waals surface area contributed by atoms with E-state index in [1.807, 2.05) is 0 Å². The number of rotatable bonds is 3. The predicted octanol–water partition coefficient (Wildman–Crippen LogP) is 1.63. The molecule has 0 aliphatic carbocycles. The molecule has 5 heteroatoms. The molecule has 1 aliphatic heterocycles. The Morgan fingerprint density at radius 3 is 2.65 bits per heavy atom. The molecule has 0 spiro atoms. The zero-order valence-corrected chi connectivity index (χ0v) is 10.6. The van der Waals surface area contributed by atoms with E-state index in [2.05, 4.69) is 34.1 Å². The summed E-state index contributed by atoms with van der Waals surface area (Å²) in [4.78, 5) is 10.8. The Hall–Kier alpha value is -1.36. The van der Waals surface area contributed by atoms with Crippen LogP contribution < -0.4 is 16.2 Å². The monoisotopic (exact) mass is 235 g/mol. The van der Waals surface area contributed by atoms with Crippen LogP contribution in [0.25, 0.3) is 0 Å². The minimum atomic E-state index is 0.619. The molecule has 1 aromatic heterocycles. The minimum Gasteiger partial charge on any atom is -0.355 e. The summed E-state index contributed by atoms with van der Waals surface area (Å²) < 4.78 is 0. The van der Waals surface area contributed by atoms with Crippen molar-refractivity contribution in [3.63, 3.8) is 0 Å². The van der Waals surface area contributed by atoms with Crippen molar-refractivity contribution in [3.05, 3.63) is 12.4 Å². The first-order chi connectivity index (χ1) is 8.20. The molecular formula is C12H21N5. The van der Waals surface area contributed by atoms with Gasteiger partial charge in [-0.05, 0) is 24.7 Å². The molecule has 1 aromatic rings. The number of hydrogen-bond acceptors (Lipinski definition) is 5. The Morgan fingerprint density at radius 2 is 2.06 bits per heavy atom. The minimum absolute atomic E-state index is 0.619. The van der Waals surface area contributed by atoms with Gasteiger partial charge in [0.1, 0.15) is 5.82 Å². The van der Waals surface area contributed by atoms with E-state index in [0.29, 0.717) is 5.82 Å². The van der Waals surface area contributed by atoms with Gasteiger partial charge in [0, 0.05) is 13.1 Å². The Balaban J connectivity index is 2.00. The van der Waals surface area contributed by atoms with E-state index >= 15 is 0 Å². The number of aromatic nitrogens is 2. The lowest BCUT2D eigenvalue weighted by Gasteiger charge is -2.34. The number of hydrogen-bond donors (Lipinski definition) is 2. The second-order valence-corrected chi connectivity index (χ2v) is 4.98. The summed E-state index contributed by atoms with van der Waals surface area (Å²) in [6.07, 6.45) is 5.90. The van der Waals surface area contributed by atoms with Gasteiger partial charge >= 0.3 is 0 Å². The van der Waals surface area contributed by atoms with Crippen LogP contribution in [-0.4, -0.2) is 23.1 Å². The number of nitrogens with zero attached hydrogens (tertiary/aromatic N) is 3. The Morgan fingerprint density at radius 1 is 1.35 bits per heavy atom. The molecule has 0 aromatic carbocycles. The lowest BCUT2D eigenvalue weighted by molar-refractivity contribution is 0.310. The first-order valence-corrected chi connectivity index (χ1v) is 6.24. The number of nitrogens with one attached hydrogen (secondary N) is 1. The third-order valence-corrected chi connectivity index (χ3v) is 3.58. The van der Waals surface area contributed by atoms with Crippen molar-refractivity contribution in [2.75, 3.05) is 23.4 Å². The Kier molecular flexibility index (Phi) is 3.78. The molecule has 0 amide bonds. The van der Waals surface area contributed by atoms with Crippen molar-refractivity contribution >= 4 is 11.6 Å². The maximum absolute atomic E-state index is 5.34. The summed E-state index contributed by atoms with van der Waals surface area (Å²) in [5, 5.41) is 0. The van der Waals surface area contributed by atoms with Crippen LogP contribution >= 0.6 is 0 Å². The number of nitrogen functional groups attached to an aromatic ring is 1. The van der Waals surface area contributed by atoms with E-state index < -0.39 is 0 Å². The van der Waals surface area contributed by atoms with Crippen molar-refractivity contribution in [1.29, 1.82) is 0 Å². The topological polar surface area (TPSA) is 67.1 Å². The average molecular weight is 235 g/mol. The summed E-state index contributed by atoms with van der Waals surface area (Å²) in [6.45, 7) is 6.73. The fourth-order valence-electron chi connectivity index (χ4n) is 2.37. The first kappa shape index (κ1) is 12.1. The fraction of sp³-hybridized carbons (Fsp3) is 0.667. The van der Waals surface area contributed by atoms with Crippen LogP contribution in [0.5, 0.6) is 0 Å². The standard InChI is InChI=1S/C12H21N5/c1-9(2)10-3-5-17(6-4-10)12-8-14-7-11(15-12)16-13/h7-10H,3-6,13H2,1-2H3,(H,15,16).